The number of ether oxygens (including phenoxy) is 2. The van der Waals surface area contributed by atoms with Crippen molar-refractivity contribution in [3.63, 3.8) is 0 Å². The van der Waals surface area contributed by atoms with Gasteiger partial charge in [0.25, 0.3) is 0 Å². The molecule has 188 valence electrons. The average Bonchev–Trinajstić information content (AvgIpc) is 3.16. The molecule has 0 amide bonds. The zero-order valence-corrected chi connectivity index (χ0v) is 19.9. The Morgan fingerprint density at radius 1 is 1.08 bits per heavy atom. The maximum Gasteiger partial charge on any atom is 0.419 e. The number of unbranched alkanes of at least 4 members (excludes halogenated alkanes) is 1. The molecule has 0 atom stereocenters. The Morgan fingerprint density at radius 3 is 2.67 bits per heavy atom. The number of rotatable bonds is 10. The van der Waals surface area contributed by atoms with Gasteiger partial charge in [0.1, 0.15) is 17.9 Å². The molecule has 0 aliphatic heterocycles. The highest BCUT2D eigenvalue weighted by Crippen LogP contribution is 2.31. The van der Waals surface area contributed by atoms with Gasteiger partial charge in [0.15, 0.2) is 5.58 Å². The van der Waals surface area contributed by atoms with Crippen LogP contribution < -0.4 is 11.1 Å². The number of oxazole rings is 1. The summed E-state index contributed by atoms with van der Waals surface area (Å²) in [5.41, 5.74) is 1.96. The molecule has 2 heterocycles. The first-order chi connectivity index (χ1) is 17.4. The average molecular weight is 495 g/mol. The zero-order valence-electron chi connectivity index (χ0n) is 19.9. The molecule has 0 radical (unpaired) electrons. The molecule has 0 aliphatic carbocycles. The van der Waals surface area contributed by atoms with Gasteiger partial charge in [-0.25, -0.2) is 19.6 Å². The van der Waals surface area contributed by atoms with Crippen molar-refractivity contribution in [3.05, 3.63) is 52.8 Å². The fourth-order valence-electron chi connectivity index (χ4n) is 3.80. The van der Waals surface area contributed by atoms with Crippen LogP contribution in [0.2, 0.25) is 0 Å². The number of hydrogen-bond donors (Lipinski definition) is 2. The lowest BCUT2D eigenvalue weighted by Crippen LogP contribution is -2.14. The molecule has 0 unspecified atom stereocenters. The summed E-state index contributed by atoms with van der Waals surface area (Å²) in [5.74, 6) is -1.02. The number of aromatic nitrogens is 3. The fourth-order valence-corrected chi connectivity index (χ4v) is 3.80. The largest absolute Gasteiger partial charge is 0.506 e. The predicted molar refractivity (Wildman–Crippen MR) is 131 cm³/mol. The van der Waals surface area contributed by atoms with Crippen molar-refractivity contribution >= 4 is 45.4 Å². The normalized spacial score (nSPS) is 11.1. The summed E-state index contributed by atoms with van der Waals surface area (Å²) in [6.07, 6.45) is 2.76. The van der Waals surface area contributed by atoms with Crippen LogP contribution >= 0.6 is 0 Å². The highest BCUT2D eigenvalue weighted by molar-refractivity contribution is 5.99. The second kappa shape index (κ2) is 10.9. The van der Waals surface area contributed by atoms with Crippen molar-refractivity contribution in [3.8, 4) is 5.75 Å². The molecule has 4 rings (SSSR count). The van der Waals surface area contributed by atoms with Crippen molar-refractivity contribution in [1.82, 2.24) is 14.5 Å². The lowest BCUT2D eigenvalue weighted by atomic mass is 10.1. The molecule has 2 aromatic carbocycles. The molecule has 2 aromatic heterocycles. The van der Waals surface area contributed by atoms with Crippen LogP contribution in [-0.2, 0) is 20.8 Å². The van der Waals surface area contributed by atoms with Gasteiger partial charge in [0, 0.05) is 24.4 Å². The van der Waals surface area contributed by atoms with E-state index in [2.05, 4.69) is 15.3 Å². The van der Waals surface area contributed by atoms with E-state index in [4.69, 9.17) is 13.9 Å². The van der Waals surface area contributed by atoms with E-state index in [0.717, 1.165) is 0 Å². The first kappa shape index (κ1) is 24.7. The van der Waals surface area contributed by atoms with Crippen molar-refractivity contribution in [2.75, 3.05) is 18.5 Å². The lowest BCUT2D eigenvalue weighted by molar-refractivity contribution is -0.143. The summed E-state index contributed by atoms with van der Waals surface area (Å²) in [5, 5.41) is 14.0. The number of carbonyl (C=O) groups excluding carboxylic acids is 2. The van der Waals surface area contributed by atoms with Crippen LogP contribution in [-0.4, -0.2) is 44.8 Å². The van der Waals surface area contributed by atoms with E-state index >= 15 is 0 Å². The quantitative estimate of drug-likeness (QED) is 0.189. The molecule has 11 nitrogen and oxygen atoms in total. The zero-order chi connectivity index (χ0) is 25.7. The standard InChI is InChI=1S/C25H26N4O7/c1-3-34-22(31)7-5-6-10-29-19-12-16-17(13-21(19)36-25(29)33)26-14-27-23(16)28-18-11-15(8-9-20(18)30)24(32)35-4-2/h8-9,11-14,30H,3-7,10H2,1-2H3,(H,26,27,28). The smallest absolute Gasteiger partial charge is 0.419 e. The molecule has 0 fully saturated rings. The molecular formula is C25H26N4O7. The number of nitrogens with one attached hydrogen (secondary N) is 1. The molecule has 0 saturated heterocycles. The van der Waals surface area contributed by atoms with Crippen molar-refractivity contribution < 1.29 is 28.6 Å². The third-order valence-electron chi connectivity index (χ3n) is 5.50. The van der Waals surface area contributed by atoms with Crippen LogP contribution in [0.1, 0.15) is 43.5 Å². The summed E-state index contributed by atoms with van der Waals surface area (Å²) in [4.78, 5) is 44.7. The molecule has 11 heteroatoms. The number of phenols is 1. The van der Waals surface area contributed by atoms with Crippen molar-refractivity contribution in [1.29, 1.82) is 0 Å². The van der Waals surface area contributed by atoms with E-state index in [0.29, 0.717) is 53.8 Å². The first-order valence-electron chi connectivity index (χ1n) is 11.6. The number of esters is 2. The summed E-state index contributed by atoms with van der Waals surface area (Å²) in [6.45, 7) is 4.38. The first-order valence-corrected chi connectivity index (χ1v) is 11.6. The van der Waals surface area contributed by atoms with Crippen molar-refractivity contribution in [2.45, 2.75) is 39.7 Å². The lowest BCUT2D eigenvalue weighted by Gasteiger charge is -2.11. The summed E-state index contributed by atoms with van der Waals surface area (Å²) in [7, 11) is 0. The second-order valence-corrected chi connectivity index (χ2v) is 7.92. The maximum atomic E-state index is 12.5. The second-order valence-electron chi connectivity index (χ2n) is 7.92. The molecule has 0 bridgehead atoms. The Bertz CT molecular complexity index is 1470. The molecule has 0 spiro atoms. The Balaban J connectivity index is 1.64. The molecule has 4 aromatic rings. The van der Waals surface area contributed by atoms with Gasteiger partial charge in [-0.05, 0) is 51.0 Å². The predicted octanol–water partition coefficient (Wildman–Crippen LogP) is 3.90. The van der Waals surface area contributed by atoms with Crippen LogP contribution in [0.15, 0.2) is 45.9 Å². The number of nitrogens with zero attached hydrogens (tertiary/aromatic N) is 3. The minimum Gasteiger partial charge on any atom is -0.506 e. The van der Waals surface area contributed by atoms with Gasteiger partial charge < -0.3 is 24.3 Å². The number of aromatic hydroxyl groups is 1. The number of carbonyl (C=O) groups is 2. The van der Waals surface area contributed by atoms with Crippen LogP contribution in [0.5, 0.6) is 5.75 Å². The molecule has 36 heavy (non-hydrogen) atoms. The topological polar surface area (TPSA) is 146 Å². The summed E-state index contributed by atoms with van der Waals surface area (Å²) < 4.78 is 16.9. The number of hydrogen-bond acceptors (Lipinski definition) is 10. The third kappa shape index (κ3) is 5.29. The van der Waals surface area contributed by atoms with Gasteiger partial charge in [-0.2, -0.15) is 0 Å². The number of fused-ring (bicyclic) bond motifs is 2. The van der Waals surface area contributed by atoms with E-state index in [1.54, 1.807) is 26.0 Å². The Morgan fingerprint density at radius 2 is 1.89 bits per heavy atom. The van der Waals surface area contributed by atoms with Gasteiger partial charge in [0.05, 0.1) is 35.5 Å². The Kier molecular flexibility index (Phi) is 7.47. The van der Waals surface area contributed by atoms with E-state index < -0.39 is 11.7 Å². The van der Waals surface area contributed by atoms with E-state index in [9.17, 15) is 19.5 Å². The van der Waals surface area contributed by atoms with Gasteiger partial charge in [-0.3, -0.25) is 9.36 Å². The monoisotopic (exact) mass is 494 g/mol. The van der Waals surface area contributed by atoms with Crippen LogP contribution in [0, 0.1) is 0 Å². The van der Waals surface area contributed by atoms with E-state index in [-0.39, 0.29) is 36.0 Å². The molecule has 2 N–H and O–H groups in total. The molecule has 0 aliphatic rings. The van der Waals surface area contributed by atoms with Gasteiger partial charge in [-0.15, -0.1) is 0 Å². The Hall–Kier alpha value is -4.41. The molecular weight excluding hydrogens is 468 g/mol. The van der Waals surface area contributed by atoms with Crippen molar-refractivity contribution in [2.24, 2.45) is 0 Å². The minimum atomic E-state index is -0.515. The minimum absolute atomic E-state index is 0.0855. The van der Waals surface area contributed by atoms with Crippen LogP contribution in [0.25, 0.3) is 22.0 Å². The third-order valence-corrected chi connectivity index (χ3v) is 5.50. The highest BCUT2D eigenvalue weighted by atomic mass is 16.5. The van der Waals surface area contributed by atoms with Crippen LogP contribution in [0.4, 0.5) is 11.5 Å². The molecule has 0 saturated carbocycles. The Labute approximate surface area is 205 Å². The summed E-state index contributed by atoms with van der Waals surface area (Å²) >= 11 is 0. The number of phenolic OH excluding ortho intramolecular Hbond substituents is 1. The van der Waals surface area contributed by atoms with Gasteiger partial charge in [0.2, 0.25) is 0 Å². The maximum absolute atomic E-state index is 12.5. The fraction of sp³-hybridized carbons (Fsp3) is 0.320. The van der Waals surface area contributed by atoms with E-state index in [1.165, 1.54) is 29.1 Å². The van der Waals surface area contributed by atoms with Gasteiger partial charge >= 0.3 is 17.7 Å². The highest BCUT2D eigenvalue weighted by Gasteiger charge is 2.16. The number of aryl methyl sites for hydroxylation is 1. The van der Waals surface area contributed by atoms with Gasteiger partial charge in [-0.1, -0.05) is 0 Å². The SMILES string of the molecule is CCOC(=O)CCCCn1c(=O)oc2cc3ncnc(Nc4cc(C(=O)OCC)ccc4O)c3cc21. The number of anilines is 2. The number of benzene rings is 2. The van der Waals surface area contributed by atoms with E-state index in [1.807, 2.05) is 0 Å². The summed E-state index contributed by atoms with van der Waals surface area (Å²) in [6, 6.07) is 7.70. The van der Waals surface area contributed by atoms with Crippen LogP contribution in [0.3, 0.4) is 0 Å².